The molecular weight excluding hydrogens is 370 g/mol. The first-order valence-corrected chi connectivity index (χ1v) is 10.0. The summed E-state index contributed by atoms with van der Waals surface area (Å²) in [6.45, 7) is 7.56. The lowest BCUT2D eigenvalue weighted by Gasteiger charge is -2.29. The van der Waals surface area contributed by atoms with E-state index in [1.807, 2.05) is 11.8 Å². The fraction of sp³-hybridized carbons (Fsp3) is 0.421. The summed E-state index contributed by atoms with van der Waals surface area (Å²) < 4.78 is 1.56. The molecule has 2 heterocycles. The molecule has 0 spiro atoms. The summed E-state index contributed by atoms with van der Waals surface area (Å²) >= 11 is 7.37. The van der Waals surface area contributed by atoms with Gasteiger partial charge in [-0.3, -0.25) is 14.2 Å². The Kier molecular flexibility index (Phi) is 6.04. The quantitative estimate of drug-likeness (QED) is 0.442. The first-order chi connectivity index (χ1) is 12.5. The van der Waals surface area contributed by atoms with Crippen LogP contribution < -0.4 is 5.56 Å². The molecule has 138 valence electrons. The van der Waals surface area contributed by atoms with Crippen molar-refractivity contribution in [2.75, 3.05) is 13.1 Å². The van der Waals surface area contributed by atoms with Crippen molar-refractivity contribution in [2.45, 2.75) is 43.1 Å². The third-order valence-corrected chi connectivity index (χ3v) is 5.80. The molecule has 1 unspecified atom stereocenters. The molecule has 0 saturated carbocycles. The van der Waals surface area contributed by atoms with Crippen molar-refractivity contribution >= 4 is 40.2 Å². The minimum absolute atomic E-state index is 0.0975. The molecule has 1 aromatic heterocycles. The molecule has 5 nitrogen and oxygen atoms in total. The van der Waals surface area contributed by atoms with Crippen LogP contribution in [0.2, 0.25) is 5.02 Å². The van der Waals surface area contributed by atoms with Crippen molar-refractivity contribution in [2.24, 2.45) is 0 Å². The topological polar surface area (TPSA) is 55.2 Å². The average molecular weight is 392 g/mol. The second kappa shape index (κ2) is 8.27. The largest absolute Gasteiger partial charge is 0.342 e. The standard InChI is InChI=1S/C19H22ClN3O2S/c1-3-9-23-18(25)15-8-7-14(20)12-16(15)21-19(23)26-13(2)17(24)22-10-5-4-6-11-22/h3,7-8,12-13H,1,4-6,9-11H2,2H3. The number of hydrogen-bond donors (Lipinski definition) is 0. The van der Waals surface area contributed by atoms with Crippen molar-refractivity contribution in [3.05, 3.63) is 46.2 Å². The van der Waals surface area contributed by atoms with E-state index in [-0.39, 0.29) is 16.7 Å². The van der Waals surface area contributed by atoms with Crippen LogP contribution in [0, 0.1) is 0 Å². The molecule has 1 fully saturated rings. The summed E-state index contributed by atoms with van der Waals surface area (Å²) in [5.41, 5.74) is 0.398. The molecule has 2 aromatic rings. The van der Waals surface area contributed by atoms with E-state index in [0.29, 0.717) is 27.6 Å². The SMILES string of the molecule is C=CCn1c(SC(C)C(=O)N2CCCCC2)nc2cc(Cl)ccc2c1=O. The van der Waals surface area contributed by atoms with E-state index >= 15 is 0 Å². The van der Waals surface area contributed by atoms with Gasteiger partial charge < -0.3 is 4.90 Å². The highest BCUT2D eigenvalue weighted by atomic mass is 35.5. The average Bonchev–Trinajstić information content (AvgIpc) is 2.64. The van der Waals surface area contributed by atoms with Crippen LogP contribution in [-0.2, 0) is 11.3 Å². The zero-order chi connectivity index (χ0) is 18.7. The molecule has 7 heteroatoms. The number of likely N-dealkylation sites (tertiary alicyclic amines) is 1. The lowest BCUT2D eigenvalue weighted by molar-refractivity contribution is -0.131. The molecule has 1 aromatic carbocycles. The highest BCUT2D eigenvalue weighted by molar-refractivity contribution is 8.00. The Balaban J connectivity index is 1.94. The minimum Gasteiger partial charge on any atom is -0.342 e. The number of thioether (sulfide) groups is 1. The van der Waals surface area contributed by atoms with Crippen molar-refractivity contribution < 1.29 is 4.79 Å². The van der Waals surface area contributed by atoms with Gasteiger partial charge in [0.25, 0.3) is 5.56 Å². The van der Waals surface area contributed by atoms with E-state index < -0.39 is 0 Å². The maximum Gasteiger partial charge on any atom is 0.262 e. The van der Waals surface area contributed by atoms with Gasteiger partial charge in [0, 0.05) is 24.7 Å². The van der Waals surface area contributed by atoms with Gasteiger partial charge in [0.15, 0.2) is 5.16 Å². The van der Waals surface area contributed by atoms with E-state index in [1.165, 1.54) is 18.2 Å². The van der Waals surface area contributed by atoms with Crippen molar-refractivity contribution in [1.29, 1.82) is 0 Å². The van der Waals surface area contributed by atoms with Gasteiger partial charge in [-0.05, 0) is 44.4 Å². The minimum atomic E-state index is -0.312. The van der Waals surface area contributed by atoms with E-state index in [1.54, 1.807) is 28.8 Å². The summed E-state index contributed by atoms with van der Waals surface area (Å²) in [5.74, 6) is 0.0975. The van der Waals surface area contributed by atoms with Gasteiger partial charge in [-0.15, -0.1) is 6.58 Å². The predicted molar refractivity (Wildman–Crippen MR) is 107 cm³/mol. The first kappa shape index (κ1) is 19.0. The summed E-state index contributed by atoms with van der Waals surface area (Å²) in [6, 6.07) is 5.04. The van der Waals surface area contributed by atoms with Crippen LogP contribution in [-0.4, -0.2) is 38.7 Å². The Bertz CT molecular complexity index is 890. The lowest BCUT2D eigenvalue weighted by atomic mass is 10.1. The number of rotatable bonds is 5. The van der Waals surface area contributed by atoms with Crippen LogP contribution in [0.5, 0.6) is 0 Å². The third-order valence-electron chi connectivity index (χ3n) is 4.49. The summed E-state index contributed by atoms with van der Waals surface area (Å²) in [4.78, 5) is 32.1. The fourth-order valence-electron chi connectivity index (χ4n) is 3.13. The molecular formula is C19H22ClN3O2S. The van der Waals surface area contributed by atoms with Gasteiger partial charge in [-0.1, -0.05) is 29.4 Å². The van der Waals surface area contributed by atoms with Crippen LogP contribution in [0.1, 0.15) is 26.2 Å². The van der Waals surface area contributed by atoms with Crippen LogP contribution in [0.3, 0.4) is 0 Å². The number of fused-ring (bicyclic) bond motifs is 1. The number of halogens is 1. The lowest BCUT2D eigenvalue weighted by Crippen LogP contribution is -2.40. The number of hydrogen-bond acceptors (Lipinski definition) is 4. The molecule has 0 N–H and O–H groups in total. The Labute approximate surface area is 162 Å². The van der Waals surface area contributed by atoms with Gasteiger partial charge in [0.2, 0.25) is 5.91 Å². The van der Waals surface area contributed by atoms with Crippen molar-refractivity contribution in [1.82, 2.24) is 14.5 Å². The van der Waals surface area contributed by atoms with Crippen LogP contribution >= 0.6 is 23.4 Å². The molecule has 26 heavy (non-hydrogen) atoms. The molecule has 1 aliphatic rings. The summed E-state index contributed by atoms with van der Waals surface area (Å²) in [5, 5.41) is 1.24. The number of carbonyl (C=O) groups is 1. The Morgan fingerprint density at radius 2 is 2.12 bits per heavy atom. The molecule has 1 aliphatic heterocycles. The van der Waals surface area contributed by atoms with E-state index in [9.17, 15) is 9.59 Å². The highest BCUT2D eigenvalue weighted by Crippen LogP contribution is 2.26. The van der Waals surface area contributed by atoms with E-state index in [4.69, 9.17) is 11.6 Å². The number of carbonyl (C=O) groups excluding carboxylic acids is 1. The first-order valence-electron chi connectivity index (χ1n) is 8.77. The monoisotopic (exact) mass is 391 g/mol. The van der Waals surface area contributed by atoms with E-state index in [2.05, 4.69) is 11.6 Å². The zero-order valence-electron chi connectivity index (χ0n) is 14.8. The Hall–Kier alpha value is -1.79. The molecule has 0 bridgehead atoms. The Morgan fingerprint density at radius 1 is 1.38 bits per heavy atom. The second-order valence-corrected chi connectivity index (χ2v) is 8.15. The van der Waals surface area contributed by atoms with Gasteiger partial charge in [-0.25, -0.2) is 4.98 Å². The van der Waals surface area contributed by atoms with Crippen LogP contribution in [0.4, 0.5) is 0 Å². The molecule has 3 rings (SSSR count). The van der Waals surface area contributed by atoms with Crippen LogP contribution in [0.25, 0.3) is 10.9 Å². The molecule has 1 atom stereocenters. The Morgan fingerprint density at radius 3 is 2.81 bits per heavy atom. The van der Waals surface area contributed by atoms with Crippen LogP contribution in [0.15, 0.2) is 40.8 Å². The van der Waals surface area contributed by atoms with Gasteiger partial charge in [0.05, 0.1) is 16.2 Å². The maximum atomic E-state index is 12.8. The van der Waals surface area contributed by atoms with Gasteiger partial charge in [0.1, 0.15) is 0 Å². The number of amides is 1. The third kappa shape index (κ3) is 3.96. The number of nitrogens with zero attached hydrogens (tertiary/aromatic N) is 3. The van der Waals surface area contributed by atoms with Crippen molar-refractivity contribution in [3.63, 3.8) is 0 Å². The molecule has 0 aliphatic carbocycles. The van der Waals surface area contributed by atoms with Gasteiger partial charge >= 0.3 is 0 Å². The molecule has 1 saturated heterocycles. The molecule has 0 radical (unpaired) electrons. The van der Waals surface area contributed by atoms with E-state index in [0.717, 1.165) is 25.9 Å². The number of benzene rings is 1. The molecule has 1 amide bonds. The highest BCUT2D eigenvalue weighted by Gasteiger charge is 2.25. The second-order valence-electron chi connectivity index (χ2n) is 6.41. The summed E-state index contributed by atoms with van der Waals surface area (Å²) in [7, 11) is 0. The van der Waals surface area contributed by atoms with Gasteiger partial charge in [-0.2, -0.15) is 0 Å². The smallest absolute Gasteiger partial charge is 0.262 e. The predicted octanol–water partition coefficient (Wildman–Crippen LogP) is 3.73. The number of aromatic nitrogens is 2. The summed E-state index contributed by atoms with van der Waals surface area (Å²) in [6.07, 6.45) is 4.94. The number of allylic oxidation sites excluding steroid dienone is 1. The zero-order valence-corrected chi connectivity index (χ0v) is 16.4. The fourth-order valence-corrected chi connectivity index (χ4v) is 4.30. The number of piperidine rings is 1. The maximum absolute atomic E-state index is 12.8. The van der Waals surface area contributed by atoms with Crippen molar-refractivity contribution in [3.8, 4) is 0 Å². The normalized spacial score (nSPS) is 15.8.